The third-order valence-electron chi connectivity index (χ3n) is 2.91. The maximum Gasteiger partial charge on any atom is 0.275 e. The zero-order valence-electron chi connectivity index (χ0n) is 10.2. The highest BCUT2D eigenvalue weighted by molar-refractivity contribution is 5.91. The number of carbonyl (C=O) groups is 1. The van der Waals surface area contributed by atoms with E-state index in [4.69, 9.17) is 0 Å². The van der Waals surface area contributed by atoms with Crippen molar-refractivity contribution < 1.29 is 4.79 Å². The van der Waals surface area contributed by atoms with E-state index in [2.05, 4.69) is 20.9 Å². The molecular formula is C10H18N6O. The van der Waals surface area contributed by atoms with Crippen molar-refractivity contribution in [2.75, 3.05) is 40.3 Å². The van der Waals surface area contributed by atoms with E-state index in [0.29, 0.717) is 18.3 Å². The molecule has 1 amide bonds. The molecule has 17 heavy (non-hydrogen) atoms. The lowest BCUT2D eigenvalue weighted by atomic mass is 10.2. The first-order chi connectivity index (χ1) is 8.22. The summed E-state index contributed by atoms with van der Waals surface area (Å²) in [6.45, 7) is 3.22. The third kappa shape index (κ3) is 2.62. The maximum absolute atomic E-state index is 12.0. The number of amides is 1. The Morgan fingerprint density at radius 2 is 2.47 bits per heavy atom. The fourth-order valence-corrected chi connectivity index (χ4v) is 1.59. The second-order valence-electron chi connectivity index (χ2n) is 4.23. The van der Waals surface area contributed by atoms with Crippen molar-refractivity contribution in [3.63, 3.8) is 0 Å². The van der Waals surface area contributed by atoms with E-state index < -0.39 is 0 Å². The number of hydrogen-bond acceptors (Lipinski definition) is 5. The van der Waals surface area contributed by atoms with E-state index in [-0.39, 0.29) is 5.91 Å². The first kappa shape index (κ1) is 12.0. The van der Waals surface area contributed by atoms with Gasteiger partial charge in [0, 0.05) is 33.2 Å². The van der Waals surface area contributed by atoms with Gasteiger partial charge in [-0.3, -0.25) is 4.79 Å². The summed E-state index contributed by atoms with van der Waals surface area (Å²) in [5, 5.41) is 14.1. The van der Waals surface area contributed by atoms with Crippen LogP contribution in [-0.4, -0.2) is 66.1 Å². The van der Waals surface area contributed by atoms with Gasteiger partial charge >= 0.3 is 0 Å². The number of rotatable bonds is 5. The van der Waals surface area contributed by atoms with Crippen LogP contribution < -0.4 is 10.6 Å². The second kappa shape index (κ2) is 5.24. The van der Waals surface area contributed by atoms with Gasteiger partial charge in [-0.25, -0.2) is 4.68 Å². The summed E-state index contributed by atoms with van der Waals surface area (Å²) in [5.74, 6) is -0.0845. The van der Waals surface area contributed by atoms with E-state index >= 15 is 0 Å². The Morgan fingerprint density at radius 1 is 1.71 bits per heavy atom. The van der Waals surface area contributed by atoms with Crippen molar-refractivity contribution in [2.24, 2.45) is 0 Å². The first-order valence-corrected chi connectivity index (χ1v) is 5.75. The van der Waals surface area contributed by atoms with Gasteiger partial charge in [-0.2, -0.15) is 0 Å². The molecule has 0 radical (unpaired) electrons. The molecular weight excluding hydrogens is 220 g/mol. The zero-order valence-corrected chi connectivity index (χ0v) is 10.2. The van der Waals surface area contributed by atoms with Crippen LogP contribution >= 0.6 is 0 Å². The van der Waals surface area contributed by atoms with Crippen molar-refractivity contribution in [3.05, 3.63) is 11.9 Å². The molecule has 7 nitrogen and oxygen atoms in total. The molecule has 2 rings (SSSR count). The van der Waals surface area contributed by atoms with Crippen LogP contribution in [0.4, 0.5) is 0 Å². The van der Waals surface area contributed by atoms with Crippen LogP contribution in [-0.2, 0) is 0 Å². The van der Waals surface area contributed by atoms with Gasteiger partial charge in [-0.05, 0) is 7.05 Å². The quantitative estimate of drug-likeness (QED) is 0.668. The predicted molar refractivity (Wildman–Crippen MR) is 62.8 cm³/mol. The molecule has 2 N–H and O–H groups in total. The Hall–Kier alpha value is -1.47. The Kier molecular flexibility index (Phi) is 3.70. The van der Waals surface area contributed by atoms with Crippen LogP contribution in [0.25, 0.3) is 0 Å². The molecule has 0 atom stereocenters. The van der Waals surface area contributed by atoms with Crippen molar-refractivity contribution in [2.45, 2.75) is 6.04 Å². The molecule has 1 saturated heterocycles. The van der Waals surface area contributed by atoms with Gasteiger partial charge in [0.05, 0.1) is 12.2 Å². The molecule has 1 aromatic rings. The number of carbonyl (C=O) groups excluding carboxylic acids is 1. The Morgan fingerprint density at radius 3 is 3.06 bits per heavy atom. The van der Waals surface area contributed by atoms with Crippen LogP contribution in [0.15, 0.2) is 6.20 Å². The molecule has 7 heteroatoms. The summed E-state index contributed by atoms with van der Waals surface area (Å²) in [6.07, 6.45) is 1.73. The summed E-state index contributed by atoms with van der Waals surface area (Å²) in [6, 6.07) is 0.340. The molecule has 0 aliphatic carbocycles. The Labute approximate surface area is 100 Å². The molecule has 0 spiro atoms. The molecule has 94 valence electrons. The molecule has 0 unspecified atom stereocenters. The minimum Gasteiger partial charge on any atom is -0.339 e. The normalized spacial score (nSPS) is 15.6. The number of likely N-dealkylation sites (N-methyl/N-ethyl adjacent to an activating group) is 2. The average Bonchev–Trinajstić information content (AvgIpc) is 2.71. The topological polar surface area (TPSA) is 75.1 Å². The van der Waals surface area contributed by atoms with Gasteiger partial charge in [-0.1, -0.05) is 5.21 Å². The number of hydrogen-bond donors (Lipinski definition) is 2. The lowest BCUT2D eigenvalue weighted by Crippen LogP contribution is -2.43. The van der Waals surface area contributed by atoms with E-state index in [1.54, 1.807) is 22.8 Å². The van der Waals surface area contributed by atoms with Crippen LogP contribution in [0.1, 0.15) is 16.5 Å². The molecule has 0 saturated carbocycles. The molecule has 2 heterocycles. The maximum atomic E-state index is 12.0. The van der Waals surface area contributed by atoms with E-state index in [0.717, 1.165) is 19.6 Å². The van der Waals surface area contributed by atoms with Gasteiger partial charge in [0.15, 0.2) is 5.69 Å². The second-order valence-corrected chi connectivity index (χ2v) is 4.23. The van der Waals surface area contributed by atoms with E-state index in [9.17, 15) is 4.79 Å². The lowest BCUT2D eigenvalue weighted by molar-refractivity contribution is 0.0791. The van der Waals surface area contributed by atoms with Crippen molar-refractivity contribution >= 4 is 5.91 Å². The molecule has 1 aliphatic rings. The highest BCUT2D eigenvalue weighted by Crippen LogP contribution is 2.10. The summed E-state index contributed by atoms with van der Waals surface area (Å²) in [5.41, 5.74) is 0.413. The van der Waals surface area contributed by atoms with Crippen LogP contribution in [0.3, 0.4) is 0 Å². The number of aromatic nitrogens is 3. The van der Waals surface area contributed by atoms with E-state index in [1.807, 2.05) is 7.05 Å². The SMILES string of the molecule is CNCCN(C)C(=O)c1cn(C2CNC2)nn1. The Bertz CT molecular complexity index is 386. The standard InChI is InChI=1S/C10H18N6O/c1-11-3-4-15(2)10(17)9-7-16(14-13-9)8-5-12-6-8/h7-8,11-12H,3-6H2,1-2H3. The minimum atomic E-state index is -0.0845. The van der Waals surface area contributed by atoms with Crippen molar-refractivity contribution in [1.82, 2.24) is 30.5 Å². The molecule has 1 fully saturated rings. The largest absolute Gasteiger partial charge is 0.339 e. The van der Waals surface area contributed by atoms with Gasteiger partial charge in [0.2, 0.25) is 0 Å². The molecule has 0 bridgehead atoms. The van der Waals surface area contributed by atoms with Gasteiger partial charge in [0.25, 0.3) is 5.91 Å². The summed E-state index contributed by atoms with van der Waals surface area (Å²) in [4.78, 5) is 13.6. The van der Waals surface area contributed by atoms with Gasteiger partial charge < -0.3 is 15.5 Å². The first-order valence-electron chi connectivity index (χ1n) is 5.75. The highest BCUT2D eigenvalue weighted by atomic mass is 16.2. The summed E-state index contributed by atoms with van der Waals surface area (Å²) >= 11 is 0. The molecule has 0 aromatic carbocycles. The third-order valence-corrected chi connectivity index (χ3v) is 2.91. The minimum absolute atomic E-state index is 0.0845. The molecule has 1 aromatic heterocycles. The average molecular weight is 238 g/mol. The monoisotopic (exact) mass is 238 g/mol. The number of nitrogens with zero attached hydrogens (tertiary/aromatic N) is 4. The predicted octanol–water partition coefficient (Wildman–Crippen LogP) is -1.29. The van der Waals surface area contributed by atoms with Crippen molar-refractivity contribution in [1.29, 1.82) is 0 Å². The van der Waals surface area contributed by atoms with Gasteiger partial charge in [-0.15, -0.1) is 5.10 Å². The summed E-state index contributed by atoms with van der Waals surface area (Å²) < 4.78 is 1.76. The molecule has 1 aliphatic heterocycles. The van der Waals surface area contributed by atoms with Crippen LogP contribution in [0.5, 0.6) is 0 Å². The summed E-state index contributed by atoms with van der Waals surface area (Å²) in [7, 11) is 3.63. The zero-order chi connectivity index (χ0) is 12.3. The fraction of sp³-hybridized carbons (Fsp3) is 0.700. The highest BCUT2D eigenvalue weighted by Gasteiger charge is 2.22. The van der Waals surface area contributed by atoms with Gasteiger partial charge in [0.1, 0.15) is 0 Å². The lowest BCUT2D eigenvalue weighted by Gasteiger charge is -2.26. The van der Waals surface area contributed by atoms with Crippen molar-refractivity contribution in [3.8, 4) is 0 Å². The smallest absolute Gasteiger partial charge is 0.275 e. The van der Waals surface area contributed by atoms with Crippen LogP contribution in [0.2, 0.25) is 0 Å². The van der Waals surface area contributed by atoms with E-state index in [1.165, 1.54) is 0 Å². The fourth-order valence-electron chi connectivity index (χ4n) is 1.59. The van der Waals surface area contributed by atoms with Crippen LogP contribution in [0, 0.1) is 0 Å². The number of nitrogens with one attached hydrogen (secondary N) is 2. The Balaban J connectivity index is 1.96.